The molecule has 0 unspecified atom stereocenters. The summed E-state index contributed by atoms with van der Waals surface area (Å²) in [5.74, 6) is 1.98. The Morgan fingerprint density at radius 3 is 2.27 bits per heavy atom. The predicted molar refractivity (Wildman–Crippen MR) is 86.6 cm³/mol. The lowest BCUT2D eigenvalue weighted by molar-refractivity contribution is 0.112. The van der Waals surface area contributed by atoms with Crippen molar-refractivity contribution >= 4 is 6.29 Å². The molecule has 0 amide bonds. The van der Waals surface area contributed by atoms with Crippen molar-refractivity contribution in [1.29, 1.82) is 0 Å². The van der Waals surface area contributed by atoms with Crippen LogP contribution in [0.15, 0.2) is 42.6 Å². The molecule has 0 aliphatic heterocycles. The second kappa shape index (κ2) is 7.21. The van der Waals surface area contributed by atoms with Gasteiger partial charge in [-0.2, -0.15) is 0 Å². The average Bonchev–Trinajstić information content (AvgIpc) is 2.86. The summed E-state index contributed by atoms with van der Waals surface area (Å²) in [6.07, 6.45) is 10.3. The lowest BCUT2D eigenvalue weighted by atomic mass is 9.92. The van der Waals surface area contributed by atoms with Crippen LogP contribution in [0.5, 0.6) is 11.6 Å². The van der Waals surface area contributed by atoms with Crippen molar-refractivity contribution in [3.8, 4) is 11.6 Å². The monoisotopic (exact) mass is 295 g/mol. The number of carbonyl (C=O) groups excluding carboxylic acids is 1. The molecule has 22 heavy (non-hydrogen) atoms. The molecule has 0 atom stereocenters. The second-order valence-corrected chi connectivity index (χ2v) is 5.91. The van der Waals surface area contributed by atoms with E-state index in [0.717, 1.165) is 12.0 Å². The van der Waals surface area contributed by atoms with E-state index in [1.54, 1.807) is 12.1 Å². The van der Waals surface area contributed by atoms with Gasteiger partial charge in [-0.15, -0.1) is 0 Å². The highest BCUT2D eigenvalue weighted by atomic mass is 16.5. The zero-order valence-corrected chi connectivity index (χ0v) is 12.7. The molecule has 2 aromatic rings. The van der Waals surface area contributed by atoms with Crippen LogP contribution in [-0.4, -0.2) is 11.3 Å². The van der Waals surface area contributed by atoms with Crippen LogP contribution >= 0.6 is 0 Å². The summed E-state index contributed by atoms with van der Waals surface area (Å²) in [5, 5.41) is 0. The van der Waals surface area contributed by atoms with Crippen molar-refractivity contribution in [3.05, 3.63) is 53.7 Å². The van der Waals surface area contributed by atoms with Gasteiger partial charge in [0.25, 0.3) is 0 Å². The first-order chi connectivity index (χ1) is 10.8. The minimum atomic E-state index is 0.507. The van der Waals surface area contributed by atoms with Gasteiger partial charge in [-0.05, 0) is 42.5 Å². The zero-order chi connectivity index (χ0) is 15.2. The largest absolute Gasteiger partial charge is 0.439 e. The van der Waals surface area contributed by atoms with E-state index in [2.05, 4.69) is 17.1 Å². The van der Waals surface area contributed by atoms with Crippen molar-refractivity contribution in [2.75, 3.05) is 0 Å². The van der Waals surface area contributed by atoms with Crippen molar-refractivity contribution in [1.82, 2.24) is 4.98 Å². The van der Waals surface area contributed by atoms with Crippen molar-refractivity contribution < 1.29 is 9.53 Å². The smallest absolute Gasteiger partial charge is 0.219 e. The second-order valence-electron chi connectivity index (χ2n) is 5.91. The van der Waals surface area contributed by atoms with E-state index < -0.39 is 0 Å². The maximum Gasteiger partial charge on any atom is 0.219 e. The molecule has 1 aliphatic rings. The summed E-state index contributed by atoms with van der Waals surface area (Å²) >= 11 is 0. The number of nitrogens with zero attached hydrogens (tertiary/aromatic N) is 1. The van der Waals surface area contributed by atoms with E-state index >= 15 is 0 Å². The predicted octanol–water partition coefficient (Wildman–Crippen LogP) is 5.12. The molecular weight excluding hydrogens is 274 g/mol. The summed E-state index contributed by atoms with van der Waals surface area (Å²) in [6, 6.07) is 11.8. The Balaban J connectivity index is 1.66. The molecule has 1 heterocycles. The maximum atomic E-state index is 10.6. The van der Waals surface area contributed by atoms with Crippen LogP contribution in [0, 0.1) is 0 Å². The maximum absolute atomic E-state index is 10.6. The Kier molecular flexibility index (Phi) is 4.84. The molecule has 0 bridgehead atoms. The Labute approximate surface area is 131 Å². The SMILES string of the molecule is O=Cc1ccc(Oc2ccc(C3CCCCCC3)cc2)nc1. The van der Waals surface area contributed by atoms with Gasteiger partial charge in [0.15, 0.2) is 6.29 Å². The van der Waals surface area contributed by atoms with Crippen molar-refractivity contribution in [3.63, 3.8) is 0 Å². The van der Waals surface area contributed by atoms with Crippen LogP contribution in [0.1, 0.15) is 60.4 Å². The highest BCUT2D eigenvalue weighted by molar-refractivity contribution is 5.74. The number of pyridine rings is 1. The van der Waals surface area contributed by atoms with Crippen molar-refractivity contribution in [2.45, 2.75) is 44.4 Å². The summed E-state index contributed by atoms with van der Waals surface area (Å²) < 4.78 is 5.72. The minimum absolute atomic E-state index is 0.507. The molecule has 0 saturated heterocycles. The van der Waals surface area contributed by atoms with Crippen LogP contribution in [0.3, 0.4) is 0 Å². The lowest BCUT2D eigenvalue weighted by Gasteiger charge is -2.15. The molecule has 1 fully saturated rings. The van der Waals surface area contributed by atoms with Crippen LogP contribution in [0.2, 0.25) is 0 Å². The lowest BCUT2D eigenvalue weighted by Crippen LogP contribution is -1.97. The zero-order valence-electron chi connectivity index (χ0n) is 12.7. The first kappa shape index (κ1) is 14.8. The first-order valence-corrected chi connectivity index (χ1v) is 8.04. The quantitative estimate of drug-likeness (QED) is 0.580. The number of hydrogen-bond acceptors (Lipinski definition) is 3. The van der Waals surface area contributed by atoms with Crippen LogP contribution in [-0.2, 0) is 0 Å². The minimum Gasteiger partial charge on any atom is -0.439 e. The average molecular weight is 295 g/mol. The summed E-state index contributed by atoms with van der Waals surface area (Å²) in [7, 11) is 0. The van der Waals surface area contributed by atoms with Gasteiger partial charge in [-0.1, -0.05) is 37.8 Å². The number of hydrogen-bond donors (Lipinski definition) is 0. The Bertz CT molecular complexity index is 596. The number of aromatic nitrogens is 1. The van der Waals surface area contributed by atoms with Gasteiger partial charge in [0, 0.05) is 17.8 Å². The van der Waals surface area contributed by atoms with Gasteiger partial charge in [0.2, 0.25) is 5.88 Å². The number of ether oxygens (including phenoxy) is 1. The van der Waals surface area contributed by atoms with E-state index in [1.165, 1.54) is 50.3 Å². The fourth-order valence-corrected chi connectivity index (χ4v) is 3.06. The highest BCUT2D eigenvalue weighted by Crippen LogP contribution is 2.32. The van der Waals surface area contributed by atoms with Gasteiger partial charge in [0.05, 0.1) is 0 Å². The Hall–Kier alpha value is -2.16. The molecule has 1 aromatic heterocycles. The molecule has 0 radical (unpaired) electrons. The number of aldehydes is 1. The van der Waals surface area contributed by atoms with Gasteiger partial charge >= 0.3 is 0 Å². The van der Waals surface area contributed by atoms with E-state index in [1.807, 2.05) is 12.1 Å². The van der Waals surface area contributed by atoms with Crippen LogP contribution in [0.4, 0.5) is 0 Å². The molecule has 0 spiro atoms. The topological polar surface area (TPSA) is 39.2 Å². The van der Waals surface area contributed by atoms with Crippen molar-refractivity contribution in [2.24, 2.45) is 0 Å². The standard InChI is InChI=1S/C19H21NO2/c21-14-15-7-12-19(20-13-15)22-18-10-8-17(9-11-18)16-5-3-1-2-4-6-16/h7-14,16H,1-6H2. The third kappa shape index (κ3) is 3.73. The molecular formula is C19H21NO2. The fourth-order valence-electron chi connectivity index (χ4n) is 3.06. The molecule has 1 aromatic carbocycles. The molecule has 114 valence electrons. The molecule has 3 rings (SSSR count). The van der Waals surface area contributed by atoms with E-state index in [9.17, 15) is 4.79 Å². The van der Waals surface area contributed by atoms with E-state index in [0.29, 0.717) is 17.4 Å². The van der Waals surface area contributed by atoms with Gasteiger partial charge in [-0.25, -0.2) is 4.98 Å². The number of carbonyl (C=O) groups is 1. The molecule has 1 aliphatic carbocycles. The Morgan fingerprint density at radius 1 is 0.955 bits per heavy atom. The van der Waals surface area contributed by atoms with E-state index in [4.69, 9.17) is 4.74 Å². The summed E-state index contributed by atoms with van der Waals surface area (Å²) in [5.41, 5.74) is 1.97. The van der Waals surface area contributed by atoms with Crippen LogP contribution < -0.4 is 4.74 Å². The van der Waals surface area contributed by atoms with Crippen LogP contribution in [0.25, 0.3) is 0 Å². The molecule has 3 nitrogen and oxygen atoms in total. The summed E-state index contributed by atoms with van der Waals surface area (Å²) in [6.45, 7) is 0. The normalized spacial score (nSPS) is 16.0. The van der Waals surface area contributed by atoms with E-state index in [-0.39, 0.29) is 0 Å². The van der Waals surface area contributed by atoms with Gasteiger partial charge < -0.3 is 4.74 Å². The molecule has 1 saturated carbocycles. The molecule has 3 heteroatoms. The number of benzene rings is 1. The third-order valence-corrected chi connectivity index (χ3v) is 4.32. The fraction of sp³-hybridized carbons (Fsp3) is 0.368. The molecule has 0 N–H and O–H groups in total. The highest BCUT2D eigenvalue weighted by Gasteiger charge is 2.14. The van der Waals surface area contributed by atoms with Gasteiger partial charge in [-0.3, -0.25) is 4.79 Å². The number of rotatable bonds is 4. The van der Waals surface area contributed by atoms with Gasteiger partial charge in [0.1, 0.15) is 5.75 Å². The first-order valence-electron chi connectivity index (χ1n) is 8.04. The third-order valence-electron chi connectivity index (χ3n) is 4.32. The Morgan fingerprint density at radius 2 is 1.68 bits per heavy atom. The summed E-state index contributed by atoms with van der Waals surface area (Å²) in [4.78, 5) is 14.7.